The number of fused-ring (bicyclic) bond motifs is 6. The summed E-state index contributed by atoms with van der Waals surface area (Å²) in [6.07, 6.45) is 2.37. The van der Waals surface area contributed by atoms with Crippen LogP contribution in [0.4, 0.5) is 22.7 Å². The molecule has 0 bridgehead atoms. The maximum atomic E-state index is 4.91. The van der Waals surface area contributed by atoms with Crippen molar-refractivity contribution in [1.29, 1.82) is 0 Å². The molecule has 4 aliphatic rings. The maximum absolute atomic E-state index is 4.91. The van der Waals surface area contributed by atoms with E-state index in [1.165, 1.54) is 39.4 Å². The van der Waals surface area contributed by atoms with Gasteiger partial charge in [-0.25, -0.2) is 0 Å². The van der Waals surface area contributed by atoms with Crippen molar-refractivity contribution in [3.8, 4) is 0 Å². The molecule has 0 spiro atoms. The van der Waals surface area contributed by atoms with Crippen molar-refractivity contribution >= 4 is 40.1 Å². The molecule has 5 atom stereocenters. The number of hydrogen-bond acceptors (Lipinski definition) is 4. The minimum Gasteiger partial charge on any atom is -0.324 e. The number of hydrogen-bond donors (Lipinski definition) is 0. The van der Waals surface area contributed by atoms with Crippen LogP contribution in [0.25, 0.3) is 5.70 Å². The SMILES string of the molecule is C/N=C1\C(=N/C)N2c3ccccc3C(C)(C3c4ccccc4N4C=C(c5ccccc5)N(c5ccccc5)C34)C(C)C2N1c1ccccc1. The first-order chi connectivity index (χ1) is 24.1. The van der Waals surface area contributed by atoms with Crippen LogP contribution < -0.4 is 19.6 Å². The van der Waals surface area contributed by atoms with E-state index in [2.05, 4.69) is 179 Å². The van der Waals surface area contributed by atoms with E-state index < -0.39 is 0 Å². The van der Waals surface area contributed by atoms with Gasteiger partial charge in [0.05, 0.1) is 5.70 Å². The lowest BCUT2D eigenvalue weighted by Gasteiger charge is -2.54. The second kappa shape index (κ2) is 11.2. The highest BCUT2D eigenvalue weighted by atomic mass is 15.5. The summed E-state index contributed by atoms with van der Waals surface area (Å²) in [6.45, 7) is 4.98. The van der Waals surface area contributed by atoms with Crippen LogP contribution in [-0.2, 0) is 5.41 Å². The molecule has 5 aromatic carbocycles. The molecular formula is C43H40N6. The largest absolute Gasteiger partial charge is 0.324 e. The molecular weight excluding hydrogens is 601 g/mol. The Morgan fingerprint density at radius 2 is 1.08 bits per heavy atom. The van der Waals surface area contributed by atoms with Gasteiger partial charge in [-0.3, -0.25) is 9.98 Å². The van der Waals surface area contributed by atoms with Gasteiger partial charge in [0.2, 0.25) is 0 Å². The quantitative estimate of drug-likeness (QED) is 0.197. The Kier molecular flexibility index (Phi) is 6.77. The number of anilines is 4. The first kappa shape index (κ1) is 29.5. The smallest absolute Gasteiger partial charge is 0.173 e. The molecule has 242 valence electrons. The predicted octanol–water partition coefficient (Wildman–Crippen LogP) is 8.75. The fraction of sp³-hybridized carbons (Fsp3) is 0.209. The molecule has 1 saturated heterocycles. The van der Waals surface area contributed by atoms with E-state index in [0.29, 0.717) is 0 Å². The summed E-state index contributed by atoms with van der Waals surface area (Å²) in [5.74, 6) is 2.07. The molecule has 9 rings (SSSR count). The second-order valence-corrected chi connectivity index (χ2v) is 13.6. The van der Waals surface area contributed by atoms with Crippen molar-refractivity contribution in [1.82, 2.24) is 0 Å². The first-order valence-corrected chi connectivity index (χ1v) is 17.2. The molecule has 6 nitrogen and oxygen atoms in total. The fourth-order valence-electron chi connectivity index (χ4n) is 9.25. The Bertz CT molecular complexity index is 2120. The van der Waals surface area contributed by atoms with Crippen LogP contribution in [0.2, 0.25) is 0 Å². The maximum Gasteiger partial charge on any atom is 0.173 e. The Hall–Kier alpha value is -5.62. The Morgan fingerprint density at radius 3 is 1.73 bits per heavy atom. The predicted molar refractivity (Wildman–Crippen MR) is 204 cm³/mol. The van der Waals surface area contributed by atoms with Crippen LogP contribution in [0.3, 0.4) is 0 Å². The molecule has 0 aliphatic carbocycles. The lowest BCUT2D eigenvalue weighted by Crippen LogP contribution is -2.60. The van der Waals surface area contributed by atoms with Gasteiger partial charge in [0, 0.05) is 60.3 Å². The third-order valence-corrected chi connectivity index (χ3v) is 11.4. The zero-order valence-electron chi connectivity index (χ0n) is 28.3. The van der Waals surface area contributed by atoms with Crippen LogP contribution >= 0.6 is 0 Å². The van der Waals surface area contributed by atoms with Gasteiger partial charge in [-0.15, -0.1) is 0 Å². The third kappa shape index (κ3) is 4.07. The standard InChI is InChI=1S/C43H40N6/c1-29-41-48(32-22-12-7-13-23-32)39(44-3)40(45-4)49(41)36-27-17-15-25-34(36)43(29,2)38-33-24-14-16-26-35(33)46-28-37(30-18-8-5-9-19-30)47(42(38)46)31-20-10-6-11-21-31/h5-29,38,41-42H,1-4H3/b44-39+,45-40+. The van der Waals surface area contributed by atoms with Crippen LogP contribution in [-0.4, -0.2) is 38.1 Å². The number of para-hydroxylation sites is 4. The number of nitrogens with zero attached hydrogens (tertiary/aromatic N) is 6. The number of rotatable bonds is 4. The molecule has 5 unspecified atom stereocenters. The molecule has 1 fully saturated rings. The molecule has 4 heterocycles. The highest BCUT2D eigenvalue weighted by molar-refractivity contribution is 6.52. The van der Waals surface area contributed by atoms with Gasteiger partial charge in [-0.1, -0.05) is 117 Å². The average Bonchev–Trinajstić information content (AvgIpc) is 3.82. The Balaban J connectivity index is 1.30. The van der Waals surface area contributed by atoms with E-state index in [0.717, 1.165) is 17.4 Å². The molecule has 0 amide bonds. The molecule has 0 radical (unpaired) electrons. The summed E-state index contributed by atoms with van der Waals surface area (Å²) in [5.41, 5.74) is 9.63. The fourth-order valence-corrected chi connectivity index (χ4v) is 9.25. The van der Waals surface area contributed by atoms with Crippen molar-refractivity contribution in [2.24, 2.45) is 15.9 Å². The van der Waals surface area contributed by atoms with Crippen molar-refractivity contribution in [3.05, 3.63) is 162 Å². The number of aliphatic imine (C=N–C) groups is 2. The van der Waals surface area contributed by atoms with Gasteiger partial charge in [-0.2, -0.15) is 0 Å². The van der Waals surface area contributed by atoms with Crippen molar-refractivity contribution in [3.63, 3.8) is 0 Å². The number of benzene rings is 5. The number of amidine groups is 2. The van der Waals surface area contributed by atoms with Crippen LogP contribution in [0.5, 0.6) is 0 Å². The monoisotopic (exact) mass is 640 g/mol. The van der Waals surface area contributed by atoms with Crippen LogP contribution in [0.15, 0.2) is 156 Å². The van der Waals surface area contributed by atoms with Gasteiger partial charge in [0.15, 0.2) is 11.7 Å². The second-order valence-electron chi connectivity index (χ2n) is 13.6. The first-order valence-electron chi connectivity index (χ1n) is 17.2. The minimum atomic E-state index is -0.310. The molecule has 6 heteroatoms. The molecule has 49 heavy (non-hydrogen) atoms. The summed E-state index contributed by atoms with van der Waals surface area (Å²) in [5, 5.41) is 0. The molecule has 0 aromatic heterocycles. The van der Waals surface area contributed by atoms with Crippen LogP contribution in [0, 0.1) is 5.92 Å². The van der Waals surface area contributed by atoms with Gasteiger partial charge in [-0.05, 0) is 53.1 Å². The van der Waals surface area contributed by atoms with E-state index in [1.807, 2.05) is 14.1 Å². The summed E-state index contributed by atoms with van der Waals surface area (Å²) < 4.78 is 0. The van der Waals surface area contributed by atoms with Crippen molar-refractivity contribution < 1.29 is 0 Å². The minimum absolute atomic E-state index is 0.0206. The summed E-state index contributed by atoms with van der Waals surface area (Å²) in [4.78, 5) is 19.8. The molecule has 0 N–H and O–H groups in total. The Morgan fingerprint density at radius 1 is 0.551 bits per heavy atom. The van der Waals surface area contributed by atoms with Crippen LogP contribution in [0.1, 0.15) is 36.5 Å². The lowest BCUT2D eigenvalue weighted by molar-refractivity contribution is 0.204. The van der Waals surface area contributed by atoms with Gasteiger partial charge in [0.1, 0.15) is 12.3 Å². The van der Waals surface area contributed by atoms with E-state index >= 15 is 0 Å². The topological polar surface area (TPSA) is 37.7 Å². The highest BCUT2D eigenvalue weighted by Crippen LogP contribution is 2.63. The van der Waals surface area contributed by atoms with Gasteiger partial charge in [0.25, 0.3) is 0 Å². The zero-order chi connectivity index (χ0) is 33.3. The summed E-state index contributed by atoms with van der Waals surface area (Å²) in [6, 6.07) is 50.6. The summed E-state index contributed by atoms with van der Waals surface area (Å²) in [7, 11) is 3.79. The van der Waals surface area contributed by atoms with Crippen molar-refractivity contribution in [2.75, 3.05) is 33.7 Å². The molecule has 5 aromatic rings. The van der Waals surface area contributed by atoms with Gasteiger partial charge >= 0.3 is 0 Å². The van der Waals surface area contributed by atoms with E-state index in [4.69, 9.17) is 9.98 Å². The Labute approximate surface area is 289 Å². The highest BCUT2D eigenvalue weighted by Gasteiger charge is 2.62. The molecule has 0 saturated carbocycles. The average molecular weight is 641 g/mol. The van der Waals surface area contributed by atoms with Crippen molar-refractivity contribution in [2.45, 2.75) is 37.5 Å². The van der Waals surface area contributed by atoms with E-state index in [1.54, 1.807) is 0 Å². The van der Waals surface area contributed by atoms with E-state index in [-0.39, 0.29) is 29.6 Å². The third-order valence-electron chi connectivity index (χ3n) is 11.4. The summed E-state index contributed by atoms with van der Waals surface area (Å²) >= 11 is 0. The molecule has 4 aliphatic heterocycles. The zero-order valence-corrected chi connectivity index (χ0v) is 28.3. The normalized spacial score (nSPS) is 26.9. The van der Waals surface area contributed by atoms with Gasteiger partial charge < -0.3 is 19.6 Å². The van der Waals surface area contributed by atoms with E-state index in [9.17, 15) is 0 Å². The lowest BCUT2D eigenvalue weighted by atomic mass is 9.58.